The van der Waals surface area contributed by atoms with E-state index in [9.17, 15) is 25.0 Å². The molecule has 0 saturated heterocycles. The predicted molar refractivity (Wildman–Crippen MR) is 77.3 cm³/mol. The fourth-order valence-electron chi connectivity index (χ4n) is 1.64. The van der Waals surface area contributed by atoms with E-state index < -0.39 is 15.8 Å². The SMILES string of the molecule is O=C(O)c1ccc(Sc2ccc([N+](=O)[O-])cc2[N+](=O)[O-])cc1. The lowest BCUT2D eigenvalue weighted by molar-refractivity contribution is -0.396. The van der Waals surface area contributed by atoms with Crippen LogP contribution in [-0.2, 0) is 0 Å². The van der Waals surface area contributed by atoms with Gasteiger partial charge in [-0.1, -0.05) is 11.8 Å². The molecule has 0 atom stereocenters. The van der Waals surface area contributed by atoms with Gasteiger partial charge in [0.2, 0.25) is 0 Å². The quantitative estimate of drug-likeness (QED) is 0.661. The first-order valence-electron chi connectivity index (χ1n) is 5.82. The van der Waals surface area contributed by atoms with Crippen molar-refractivity contribution in [2.45, 2.75) is 9.79 Å². The van der Waals surface area contributed by atoms with Crippen LogP contribution in [0.5, 0.6) is 0 Å². The Morgan fingerprint density at radius 2 is 1.64 bits per heavy atom. The summed E-state index contributed by atoms with van der Waals surface area (Å²) in [5.74, 6) is -1.07. The van der Waals surface area contributed by atoms with Crippen molar-refractivity contribution in [2.75, 3.05) is 0 Å². The van der Waals surface area contributed by atoms with Crippen molar-refractivity contribution in [3.8, 4) is 0 Å². The number of aromatic carboxylic acids is 1. The number of nitrogens with zero attached hydrogens (tertiary/aromatic N) is 2. The van der Waals surface area contributed by atoms with Crippen molar-refractivity contribution < 1.29 is 19.7 Å². The topological polar surface area (TPSA) is 124 Å². The largest absolute Gasteiger partial charge is 0.478 e. The lowest BCUT2D eigenvalue weighted by Crippen LogP contribution is -1.95. The normalized spacial score (nSPS) is 10.2. The van der Waals surface area contributed by atoms with Gasteiger partial charge in [-0.15, -0.1) is 0 Å². The van der Waals surface area contributed by atoms with E-state index in [1.807, 2.05) is 0 Å². The molecule has 22 heavy (non-hydrogen) atoms. The second kappa shape index (κ2) is 6.22. The average molecular weight is 320 g/mol. The zero-order chi connectivity index (χ0) is 16.3. The summed E-state index contributed by atoms with van der Waals surface area (Å²) < 4.78 is 0. The smallest absolute Gasteiger partial charge is 0.335 e. The van der Waals surface area contributed by atoms with Crippen LogP contribution in [0.1, 0.15) is 10.4 Å². The molecule has 2 aromatic carbocycles. The summed E-state index contributed by atoms with van der Waals surface area (Å²) in [6.45, 7) is 0. The van der Waals surface area contributed by atoms with E-state index in [1.165, 1.54) is 36.4 Å². The van der Waals surface area contributed by atoms with Gasteiger partial charge in [0.05, 0.1) is 26.4 Å². The van der Waals surface area contributed by atoms with Gasteiger partial charge in [-0.2, -0.15) is 0 Å². The zero-order valence-electron chi connectivity index (χ0n) is 10.8. The van der Waals surface area contributed by atoms with E-state index >= 15 is 0 Å². The van der Waals surface area contributed by atoms with Crippen molar-refractivity contribution in [1.29, 1.82) is 0 Å². The number of rotatable bonds is 5. The van der Waals surface area contributed by atoms with Crippen LogP contribution in [0.25, 0.3) is 0 Å². The van der Waals surface area contributed by atoms with Crippen molar-refractivity contribution in [2.24, 2.45) is 0 Å². The minimum absolute atomic E-state index is 0.0996. The maximum atomic E-state index is 11.0. The van der Waals surface area contributed by atoms with E-state index in [1.54, 1.807) is 0 Å². The van der Waals surface area contributed by atoms with Gasteiger partial charge in [0.1, 0.15) is 0 Å². The van der Waals surface area contributed by atoms with Gasteiger partial charge in [0.25, 0.3) is 11.4 Å². The fourth-order valence-corrected chi connectivity index (χ4v) is 2.54. The Hall–Kier alpha value is -2.94. The highest BCUT2D eigenvalue weighted by molar-refractivity contribution is 7.99. The molecule has 0 saturated carbocycles. The first-order chi connectivity index (χ1) is 10.4. The maximum Gasteiger partial charge on any atom is 0.335 e. The molecule has 0 aromatic heterocycles. The molecule has 1 N–H and O–H groups in total. The third kappa shape index (κ3) is 3.38. The number of hydrogen-bond acceptors (Lipinski definition) is 6. The summed E-state index contributed by atoms with van der Waals surface area (Å²) >= 11 is 1.03. The molecule has 2 aromatic rings. The number of benzene rings is 2. The maximum absolute atomic E-state index is 11.0. The second-order valence-corrected chi connectivity index (χ2v) is 5.21. The summed E-state index contributed by atoms with van der Waals surface area (Å²) in [6.07, 6.45) is 0. The number of carbonyl (C=O) groups is 1. The number of hydrogen-bond donors (Lipinski definition) is 1. The van der Waals surface area contributed by atoms with Crippen LogP contribution in [0, 0.1) is 20.2 Å². The first kappa shape index (κ1) is 15.4. The van der Waals surface area contributed by atoms with Crippen molar-refractivity contribution >= 4 is 29.1 Å². The molecular formula is C13H8N2O6S. The van der Waals surface area contributed by atoms with Crippen LogP contribution < -0.4 is 0 Å². The summed E-state index contributed by atoms with van der Waals surface area (Å²) in [5, 5.41) is 30.5. The van der Waals surface area contributed by atoms with Gasteiger partial charge in [-0.25, -0.2) is 4.79 Å². The molecule has 112 valence electrons. The molecule has 0 radical (unpaired) electrons. The van der Waals surface area contributed by atoms with E-state index in [0.717, 1.165) is 17.8 Å². The third-order valence-electron chi connectivity index (χ3n) is 2.68. The van der Waals surface area contributed by atoms with Crippen LogP contribution in [0.3, 0.4) is 0 Å². The minimum atomic E-state index is -1.07. The summed E-state index contributed by atoms with van der Waals surface area (Å²) in [7, 11) is 0. The Labute approximate surface area is 127 Å². The number of nitro groups is 2. The molecule has 9 heteroatoms. The number of carboxylic acid groups (broad SMARTS) is 1. The molecule has 0 bridgehead atoms. The van der Waals surface area contributed by atoms with Gasteiger partial charge in [0, 0.05) is 11.0 Å². The first-order valence-corrected chi connectivity index (χ1v) is 6.64. The standard InChI is InChI=1S/C13H8N2O6S/c16-13(17)8-1-4-10(5-2-8)22-12-6-3-9(14(18)19)7-11(12)15(20)21/h1-7H,(H,16,17). The second-order valence-electron chi connectivity index (χ2n) is 4.10. The van der Waals surface area contributed by atoms with E-state index in [0.29, 0.717) is 4.90 Å². The highest BCUT2D eigenvalue weighted by Crippen LogP contribution is 2.36. The molecule has 0 unspecified atom stereocenters. The van der Waals surface area contributed by atoms with Gasteiger partial charge >= 0.3 is 5.97 Å². The highest BCUT2D eigenvalue weighted by Gasteiger charge is 2.20. The highest BCUT2D eigenvalue weighted by atomic mass is 32.2. The van der Waals surface area contributed by atoms with Gasteiger partial charge in [-0.3, -0.25) is 20.2 Å². The molecular weight excluding hydrogens is 312 g/mol. The van der Waals surface area contributed by atoms with Gasteiger partial charge < -0.3 is 5.11 Å². The van der Waals surface area contributed by atoms with Crippen LogP contribution in [0.2, 0.25) is 0 Å². The molecule has 0 aliphatic heterocycles. The van der Waals surface area contributed by atoms with Crippen molar-refractivity contribution in [3.63, 3.8) is 0 Å². The monoisotopic (exact) mass is 320 g/mol. The zero-order valence-corrected chi connectivity index (χ0v) is 11.6. The van der Waals surface area contributed by atoms with Crippen LogP contribution >= 0.6 is 11.8 Å². The lowest BCUT2D eigenvalue weighted by Gasteiger charge is -2.03. The molecule has 2 rings (SSSR count). The predicted octanol–water partition coefficient (Wildman–Crippen LogP) is 3.35. The molecule has 0 fully saturated rings. The third-order valence-corrected chi connectivity index (χ3v) is 3.75. The Morgan fingerprint density at radius 3 is 2.14 bits per heavy atom. The van der Waals surface area contributed by atoms with E-state index in [2.05, 4.69) is 0 Å². The molecule has 0 amide bonds. The number of nitro benzene ring substituents is 2. The lowest BCUT2D eigenvalue weighted by atomic mass is 10.2. The number of non-ortho nitro benzene ring substituents is 1. The Kier molecular flexibility index (Phi) is 4.37. The Balaban J connectivity index is 2.34. The summed E-state index contributed by atoms with van der Waals surface area (Å²) in [6, 6.07) is 9.16. The fraction of sp³-hybridized carbons (Fsp3) is 0. The van der Waals surface area contributed by atoms with Crippen LogP contribution in [-0.4, -0.2) is 20.9 Å². The summed E-state index contributed by atoms with van der Waals surface area (Å²) in [5.41, 5.74) is -0.638. The molecule has 0 spiro atoms. The molecule has 8 nitrogen and oxygen atoms in total. The average Bonchev–Trinajstić information content (AvgIpc) is 2.47. The molecule has 0 aliphatic carbocycles. The Morgan fingerprint density at radius 1 is 1.00 bits per heavy atom. The van der Waals surface area contributed by atoms with Crippen molar-refractivity contribution in [1.82, 2.24) is 0 Å². The summed E-state index contributed by atoms with van der Waals surface area (Å²) in [4.78, 5) is 31.9. The van der Waals surface area contributed by atoms with Gasteiger partial charge in [-0.05, 0) is 30.3 Å². The number of carboxylic acids is 1. The molecule has 0 aliphatic rings. The van der Waals surface area contributed by atoms with E-state index in [-0.39, 0.29) is 21.8 Å². The van der Waals surface area contributed by atoms with Gasteiger partial charge in [0.15, 0.2) is 0 Å². The van der Waals surface area contributed by atoms with E-state index in [4.69, 9.17) is 5.11 Å². The van der Waals surface area contributed by atoms with Crippen LogP contribution in [0.4, 0.5) is 11.4 Å². The van der Waals surface area contributed by atoms with Crippen LogP contribution in [0.15, 0.2) is 52.3 Å². The Bertz CT molecular complexity index is 760. The minimum Gasteiger partial charge on any atom is -0.478 e. The van der Waals surface area contributed by atoms with Crippen molar-refractivity contribution in [3.05, 3.63) is 68.3 Å². The molecule has 0 heterocycles.